The van der Waals surface area contributed by atoms with Crippen LogP contribution in [0.25, 0.3) is 0 Å². The van der Waals surface area contributed by atoms with Gasteiger partial charge >= 0.3 is 226 Å². The van der Waals surface area contributed by atoms with Crippen molar-refractivity contribution in [1.82, 2.24) is 0 Å². The van der Waals surface area contributed by atoms with Crippen LogP contribution in [0.3, 0.4) is 0 Å². The van der Waals surface area contributed by atoms with Gasteiger partial charge in [0.2, 0.25) is 0 Å². The summed E-state index contributed by atoms with van der Waals surface area (Å²) in [5.41, 5.74) is 4.29. The standard InChI is InChI=1S/C32H34O4Se/c1-20-10-27(36-19-21-6-4-3-5-7-21)26(32-16-22-11-23(17-32)13-24(12-22)18-32)15-30(20)37-29-9-8-25(31(33)34)14-28(29)35-2/h3-10,14-15,22-24H,11-13,16-19H2,1-2H3,(H,33,34). The van der Waals surface area contributed by atoms with Gasteiger partial charge in [-0.2, -0.15) is 0 Å². The van der Waals surface area contributed by atoms with Crippen LogP contribution in [-0.4, -0.2) is 33.1 Å². The number of hydrogen-bond donors (Lipinski definition) is 1. The molecule has 0 saturated heterocycles. The molecule has 0 unspecified atom stereocenters. The van der Waals surface area contributed by atoms with Crippen molar-refractivity contribution in [3.63, 3.8) is 0 Å². The molecule has 0 amide bonds. The first-order valence-electron chi connectivity index (χ1n) is 13.3. The Morgan fingerprint density at radius 3 is 2.22 bits per heavy atom. The molecule has 3 aromatic carbocycles. The number of ether oxygens (including phenoxy) is 2. The molecular weight excluding hydrogens is 527 g/mol. The minimum atomic E-state index is -0.933. The second-order valence-corrected chi connectivity index (χ2v) is 13.6. The second kappa shape index (κ2) is 9.85. The van der Waals surface area contributed by atoms with Gasteiger partial charge in [0.05, 0.1) is 0 Å². The molecule has 0 spiro atoms. The number of carboxylic acids is 1. The molecule has 4 nitrogen and oxygen atoms in total. The first kappa shape index (κ1) is 24.6. The van der Waals surface area contributed by atoms with E-state index >= 15 is 0 Å². The molecule has 0 atom stereocenters. The summed E-state index contributed by atoms with van der Waals surface area (Å²) >= 11 is -0.0124. The molecular formula is C32H34O4Se. The van der Waals surface area contributed by atoms with Gasteiger partial charge in [-0.15, -0.1) is 0 Å². The number of carboxylic acid groups (broad SMARTS) is 1. The van der Waals surface area contributed by atoms with Crippen molar-refractivity contribution >= 4 is 29.8 Å². The Kier molecular flexibility index (Phi) is 6.54. The van der Waals surface area contributed by atoms with Gasteiger partial charge in [-0.25, -0.2) is 0 Å². The average Bonchev–Trinajstić information content (AvgIpc) is 2.88. The van der Waals surface area contributed by atoms with E-state index in [4.69, 9.17) is 9.47 Å². The van der Waals surface area contributed by atoms with E-state index in [1.807, 2.05) is 12.1 Å². The minimum absolute atomic E-state index is 0.0124. The topological polar surface area (TPSA) is 55.8 Å². The fraction of sp³-hybridized carbons (Fsp3) is 0.406. The quantitative estimate of drug-likeness (QED) is 0.374. The molecule has 0 heterocycles. The van der Waals surface area contributed by atoms with E-state index in [0.717, 1.165) is 28.0 Å². The third kappa shape index (κ3) is 4.80. The fourth-order valence-electron chi connectivity index (χ4n) is 7.48. The molecule has 37 heavy (non-hydrogen) atoms. The molecule has 0 aliphatic heterocycles. The van der Waals surface area contributed by atoms with Crippen LogP contribution in [0.1, 0.15) is 65.6 Å². The number of aromatic carboxylic acids is 1. The maximum absolute atomic E-state index is 11.5. The summed E-state index contributed by atoms with van der Waals surface area (Å²) in [4.78, 5) is 11.5. The molecule has 7 rings (SSSR count). The van der Waals surface area contributed by atoms with Gasteiger partial charge in [0.15, 0.2) is 0 Å². The number of aryl methyl sites for hydroxylation is 1. The number of methoxy groups -OCH3 is 1. The Morgan fingerprint density at radius 1 is 0.919 bits per heavy atom. The third-order valence-electron chi connectivity index (χ3n) is 8.75. The van der Waals surface area contributed by atoms with Crippen molar-refractivity contribution < 1.29 is 19.4 Å². The summed E-state index contributed by atoms with van der Waals surface area (Å²) in [7, 11) is 1.62. The van der Waals surface area contributed by atoms with Gasteiger partial charge in [0.25, 0.3) is 0 Å². The summed E-state index contributed by atoms with van der Waals surface area (Å²) in [6, 6.07) is 20.4. The molecule has 0 aromatic heterocycles. The van der Waals surface area contributed by atoms with E-state index in [2.05, 4.69) is 43.3 Å². The third-order valence-corrected chi connectivity index (χ3v) is 11.3. The van der Waals surface area contributed by atoms with E-state index in [1.54, 1.807) is 19.2 Å². The molecule has 4 bridgehead atoms. The number of hydrogen-bond acceptors (Lipinski definition) is 3. The summed E-state index contributed by atoms with van der Waals surface area (Å²) in [6.07, 6.45) is 8.09. The summed E-state index contributed by atoms with van der Waals surface area (Å²) in [5.74, 6) is 3.33. The zero-order valence-electron chi connectivity index (χ0n) is 21.5. The zero-order valence-corrected chi connectivity index (χ0v) is 23.2. The van der Waals surface area contributed by atoms with Crippen LogP contribution in [0.15, 0.2) is 60.7 Å². The number of benzene rings is 3. The average molecular weight is 562 g/mol. The van der Waals surface area contributed by atoms with Crippen LogP contribution >= 0.6 is 0 Å². The van der Waals surface area contributed by atoms with Gasteiger partial charge in [0.1, 0.15) is 0 Å². The van der Waals surface area contributed by atoms with Crippen molar-refractivity contribution in [2.75, 3.05) is 7.11 Å². The Balaban J connectivity index is 1.38. The second-order valence-electron chi connectivity index (χ2n) is 11.4. The van der Waals surface area contributed by atoms with E-state index in [9.17, 15) is 9.90 Å². The van der Waals surface area contributed by atoms with Crippen molar-refractivity contribution in [2.24, 2.45) is 17.8 Å². The van der Waals surface area contributed by atoms with E-state index in [1.165, 1.54) is 59.7 Å². The van der Waals surface area contributed by atoms with E-state index in [-0.39, 0.29) is 25.9 Å². The van der Waals surface area contributed by atoms with Gasteiger partial charge in [-0.05, 0) is 0 Å². The monoisotopic (exact) mass is 562 g/mol. The van der Waals surface area contributed by atoms with Crippen LogP contribution in [0.4, 0.5) is 0 Å². The van der Waals surface area contributed by atoms with Crippen molar-refractivity contribution in [3.05, 3.63) is 82.9 Å². The van der Waals surface area contributed by atoms with Crippen LogP contribution in [0.2, 0.25) is 0 Å². The van der Waals surface area contributed by atoms with Crippen LogP contribution < -0.4 is 18.4 Å². The Bertz CT molecular complexity index is 1280. The Hall–Kier alpha value is -2.75. The molecule has 4 aliphatic carbocycles. The first-order chi connectivity index (χ1) is 17.9. The molecule has 4 fully saturated rings. The SMILES string of the molecule is COc1cc(C(=O)O)ccc1[Se]c1cc(C23CC4CC(CC(C4)C2)C3)c(OCc2ccccc2)cc1C. The molecule has 3 aromatic rings. The molecule has 192 valence electrons. The first-order valence-corrected chi connectivity index (χ1v) is 15.0. The predicted molar refractivity (Wildman–Crippen MR) is 147 cm³/mol. The summed E-state index contributed by atoms with van der Waals surface area (Å²) in [6.45, 7) is 2.75. The normalized spacial score (nSPS) is 25.7. The van der Waals surface area contributed by atoms with Crippen LogP contribution in [0, 0.1) is 24.7 Å². The number of rotatable bonds is 8. The molecule has 5 heteroatoms. The van der Waals surface area contributed by atoms with Gasteiger partial charge in [-0.1, -0.05) is 0 Å². The number of carbonyl (C=O) groups is 1. The predicted octanol–water partition coefficient (Wildman–Crippen LogP) is 5.40. The Labute approximate surface area is 225 Å². The van der Waals surface area contributed by atoms with Crippen LogP contribution in [-0.2, 0) is 12.0 Å². The summed E-state index contributed by atoms with van der Waals surface area (Å²) in [5, 5.41) is 9.42. The van der Waals surface area contributed by atoms with Gasteiger partial charge < -0.3 is 0 Å². The van der Waals surface area contributed by atoms with Gasteiger partial charge in [0, 0.05) is 0 Å². The van der Waals surface area contributed by atoms with Gasteiger partial charge in [-0.3, -0.25) is 0 Å². The molecule has 4 saturated carbocycles. The molecule has 4 aliphatic rings. The van der Waals surface area contributed by atoms with E-state index in [0.29, 0.717) is 12.4 Å². The Morgan fingerprint density at radius 2 is 1.59 bits per heavy atom. The van der Waals surface area contributed by atoms with Crippen LogP contribution in [0.5, 0.6) is 11.5 Å². The fourth-order valence-corrected chi connectivity index (χ4v) is 9.61. The summed E-state index contributed by atoms with van der Waals surface area (Å²) < 4.78 is 14.6. The van der Waals surface area contributed by atoms with Crippen molar-refractivity contribution in [3.8, 4) is 11.5 Å². The zero-order chi connectivity index (χ0) is 25.6. The molecule has 1 N–H and O–H groups in total. The maximum atomic E-state index is 11.5. The van der Waals surface area contributed by atoms with Crippen molar-refractivity contribution in [1.29, 1.82) is 0 Å². The molecule has 0 radical (unpaired) electrons. The van der Waals surface area contributed by atoms with Crippen molar-refractivity contribution in [2.45, 2.75) is 57.5 Å². The van der Waals surface area contributed by atoms with E-state index < -0.39 is 5.97 Å².